The van der Waals surface area contributed by atoms with Gasteiger partial charge in [-0.25, -0.2) is 8.42 Å². The molecular formula is C13H20N2O2S. The van der Waals surface area contributed by atoms with E-state index in [1.165, 1.54) is 0 Å². The van der Waals surface area contributed by atoms with Crippen LogP contribution in [-0.2, 0) is 16.6 Å². The molecule has 1 aliphatic heterocycles. The van der Waals surface area contributed by atoms with Crippen molar-refractivity contribution in [2.45, 2.75) is 37.6 Å². The Balaban J connectivity index is 2.34. The lowest BCUT2D eigenvalue weighted by atomic mass is 10.1. The van der Waals surface area contributed by atoms with Gasteiger partial charge in [0.1, 0.15) is 0 Å². The summed E-state index contributed by atoms with van der Waals surface area (Å²) in [5.74, 6) is 0. The van der Waals surface area contributed by atoms with Gasteiger partial charge in [-0.1, -0.05) is 18.6 Å². The Kier molecular flexibility index (Phi) is 4.04. The predicted molar refractivity (Wildman–Crippen MR) is 71.7 cm³/mol. The highest BCUT2D eigenvalue weighted by molar-refractivity contribution is 7.89. The molecule has 0 bridgehead atoms. The zero-order chi connectivity index (χ0) is 13.2. The fourth-order valence-corrected chi connectivity index (χ4v) is 4.10. The van der Waals surface area contributed by atoms with Crippen molar-refractivity contribution in [1.82, 2.24) is 4.31 Å². The first-order valence-corrected chi connectivity index (χ1v) is 7.79. The van der Waals surface area contributed by atoms with E-state index in [9.17, 15) is 8.42 Å². The number of sulfonamides is 1. The molecule has 1 aromatic rings. The number of nitrogens with zero attached hydrogens (tertiary/aromatic N) is 1. The zero-order valence-corrected chi connectivity index (χ0v) is 11.5. The Bertz CT molecular complexity index is 520. The van der Waals surface area contributed by atoms with Crippen LogP contribution < -0.4 is 5.73 Å². The van der Waals surface area contributed by atoms with Crippen molar-refractivity contribution in [2.75, 3.05) is 13.1 Å². The van der Waals surface area contributed by atoms with Crippen LogP contribution in [0.2, 0.25) is 0 Å². The van der Waals surface area contributed by atoms with E-state index in [0.717, 1.165) is 30.4 Å². The molecule has 1 fully saturated rings. The number of rotatable bonds is 3. The van der Waals surface area contributed by atoms with E-state index in [-0.39, 0.29) is 0 Å². The first-order chi connectivity index (χ1) is 8.55. The molecule has 0 spiro atoms. The van der Waals surface area contributed by atoms with E-state index < -0.39 is 10.0 Å². The maximum absolute atomic E-state index is 12.5. The normalized spacial score (nSPS) is 17.9. The summed E-state index contributed by atoms with van der Waals surface area (Å²) >= 11 is 0. The highest BCUT2D eigenvalue weighted by atomic mass is 32.2. The van der Waals surface area contributed by atoms with Crippen LogP contribution >= 0.6 is 0 Å². The maximum Gasteiger partial charge on any atom is 0.243 e. The first kappa shape index (κ1) is 13.5. The average molecular weight is 268 g/mol. The van der Waals surface area contributed by atoms with Crippen LogP contribution in [0.3, 0.4) is 0 Å². The SMILES string of the molecule is Cc1cc(CN)ccc1S(=O)(=O)N1CCCCC1. The number of hydrogen-bond acceptors (Lipinski definition) is 3. The topological polar surface area (TPSA) is 63.4 Å². The maximum atomic E-state index is 12.5. The van der Waals surface area contributed by atoms with E-state index in [1.807, 2.05) is 13.0 Å². The molecule has 1 aromatic carbocycles. The van der Waals surface area contributed by atoms with Crippen LogP contribution in [0.1, 0.15) is 30.4 Å². The van der Waals surface area contributed by atoms with E-state index in [0.29, 0.717) is 24.5 Å². The fourth-order valence-electron chi connectivity index (χ4n) is 2.37. The molecule has 1 heterocycles. The van der Waals surface area contributed by atoms with E-state index >= 15 is 0 Å². The van der Waals surface area contributed by atoms with E-state index in [4.69, 9.17) is 5.73 Å². The van der Waals surface area contributed by atoms with Crippen molar-refractivity contribution in [3.05, 3.63) is 29.3 Å². The third kappa shape index (κ3) is 2.58. The Morgan fingerprint density at radius 3 is 2.44 bits per heavy atom. The molecule has 0 saturated carbocycles. The largest absolute Gasteiger partial charge is 0.326 e. The van der Waals surface area contributed by atoms with Crippen LogP contribution in [0.4, 0.5) is 0 Å². The van der Waals surface area contributed by atoms with Gasteiger partial charge >= 0.3 is 0 Å². The predicted octanol–water partition coefficient (Wildman–Crippen LogP) is 1.63. The Hall–Kier alpha value is -0.910. The molecule has 0 aliphatic carbocycles. The van der Waals surface area contributed by atoms with E-state index in [1.54, 1.807) is 16.4 Å². The molecule has 1 aliphatic rings. The van der Waals surface area contributed by atoms with E-state index in [2.05, 4.69) is 0 Å². The van der Waals surface area contributed by atoms with Crippen molar-refractivity contribution < 1.29 is 8.42 Å². The van der Waals surface area contributed by atoms with Gasteiger partial charge in [0.25, 0.3) is 0 Å². The van der Waals surface area contributed by atoms with Crippen LogP contribution in [0, 0.1) is 6.92 Å². The molecule has 0 radical (unpaired) electrons. The first-order valence-electron chi connectivity index (χ1n) is 6.35. The number of aryl methyl sites for hydroxylation is 1. The summed E-state index contributed by atoms with van der Waals surface area (Å²) < 4.78 is 26.6. The summed E-state index contributed by atoms with van der Waals surface area (Å²) in [6, 6.07) is 5.34. The summed E-state index contributed by atoms with van der Waals surface area (Å²) in [5, 5.41) is 0. The van der Waals surface area contributed by atoms with Crippen LogP contribution in [0.5, 0.6) is 0 Å². The lowest BCUT2D eigenvalue weighted by Crippen LogP contribution is -2.35. The van der Waals surface area contributed by atoms with Crippen molar-refractivity contribution >= 4 is 10.0 Å². The highest BCUT2D eigenvalue weighted by Crippen LogP contribution is 2.23. The second kappa shape index (κ2) is 5.38. The standard InChI is InChI=1S/C13H20N2O2S/c1-11-9-12(10-14)5-6-13(11)18(16,17)15-7-3-2-4-8-15/h5-6,9H,2-4,7-8,10,14H2,1H3. The second-order valence-electron chi connectivity index (χ2n) is 4.77. The van der Waals surface area contributed by atoms with Crippen LogP contribution in [0.15, 0.2) is 23.1 Å². The molecule has 0 atom stereocenters. The molecule has 18 heavy (non-hydrogen) atoms. The summed E-state index contributed by atoms with van der Waals surface area (Å²) in [5.41, 5.74) is 7.30. The second-order valence-corrected chi connectivity index (χ2v) is 6.68. The van der Waals surface area contributed by atoms with Crippen molar-refractivity contribution in [2.24, 2.45) is 5.73 Å². The summed E-state index contributed by atoms with van der Waals surface area (Å²) in [6.45, 7) is 3.54. The number of nitrogens with two attached hydrogens (primary N) is 1. The molecule has 1 saturated heterocycles. The summed E-state index contributed by atoms with van der Waals surface area (Å²) in [7, 11) is -3.33. The third-order valence-electron chi connectivity index (χ3n) is 3.41. The van der Waals surface area contributed by atoms with Gasteiger partial charge in [-0.15, -0.1) is 0 Å². The number of piperidine rings is 1. The summed E-state index contributed by atoms with van der Waals surface area (Å²) in [6.07, 6.45) is 3.04. The quantitative estimate of drug-likeness (QED) is 0.906. The Labute approximate surface area is 109 Å². The van der Waals surface area contributed by atoms with Crippen molar-refractivity contribution in [1.29, 1.82) is 0 Å². The van der Waals surface area contributed by atoms with Gasteiger partial charge in [0, 0.05) is 19.6 Å². The van der Waals surface area contributed by atoms with Gasteiger partial charge in [0.2, 0.25) is 10.0 Å². The minimum Gasteiger partial charge on any atom is -0.326 e. The molecule has 4 nitrogen and oxygen atoms in total. The van der Waals surface area contributed by atoms with Gasteiger partial charge in [-0.2, -0.15) is 4.31 Å². The number of benzene rings is 1. The van der Waals surface area contributed by atoms with Crippen LogP contribution in [-0.4, -0.2) is 25.8 Å². The molecule has 2 N–H and O–H groups in total. The van der Waals surface area contributed by atoms with Crippen LogP contribution in [0.25, 0.3) is 0 Å². The molecule has 0 amide bonds. The molecule has 0 unspecified atom stereocenters. The average Bonchev–Trinajstić information content (AvgIpc) is 2.39. The van der Waals surface area contributed by atoms with Gasteiger partial charge in [-0.3, -0.25) is 0 Å². The lowest BCUT2D eigenvalue weighted by Gasteiger charge is -2.26. The van der Waals surface area contributed by atoms with Crippen molar-refractivity contribution in [3.63, 3.8) is 0 Å². The smallest absolute Gasteiger partial charge is 0.243 e. The Morgan fingerprint density at radius 1 is 1.22 bits per heavy atom. The van der Waals surface area contributed by atoms with Gasteiger partial charge in [0.15, 0.2) is 0 Å². The molecule has 2 rings (SSSR count). The summed E-state index contributed by atoms with van der Waals surface area (Å²) in [4.78, 5) is 0.418. The van der Waals surface area contributed by atoms with Gasteiger partial charge in [-0.05, 0) is 37.0 Å². The van der Waals surface area contributed by atoms with Gasteiger partial charge < -0.3 is 5.73 Å². The fraction of sp³-hybridized carbons (Fsp3) is 0.538. The zero-order valence-electron chi connectivity index (χ0n) is 10.7. The minimum atomic E-state index is -3.33. The molecule has 100 valence electrons. The minimum absolute atomic E-state index is 0.418. The Morgan fingerprint density at radius 2 is 1.89 bits per heavy atom. The molecular weight excluding hydrogens is 248 g/mol. The van der Waals surface area contributed by atoms with Gasteiger partial charge in [0.05, 0.1) is 4.90 Å². The highest BCUT2D eigenvalue weighted by Gasteiger charge is 2.27. The monoisotopic (exact) mass is 268 g/mol. The van der Waals surface area contributed by atoms with Crippen molar-refractivity contribution in [3.8, 4) is 0 Å². The molecule has 0 aromatic heterocycles. The molecule has 5 heteroatoms. The lowest BCUT2D eigenvalue weighted by molar-refractivity contribution is 0.346. The third-order valence-corrected chi connectivity index (χ3v) is 5.47. The number of hydrogen-bond donors (Lipinski definition) is 1.